The van der Waals surface area contributed by atoms with Crippen molar-refractivity contribution >= 4 is 0 Å². The third-order valence-corrected chi connectivity index (χ3v) is 4.02. The van der Waals surface area contributed by atoms with E-state index in [1.165, 1.54) is 19.3 Å². The Labute approximate surface area is 121 Å². The molecule has 1 aromatic rings. The Morgan fingerprint density at radius 2 is 2.10 bits per heavy atom. The minimum atomic E-state index is -0.497. The fraction of sp³-hybridized carbons (Fsp3) is 0.625. The van der Waals surface area contributed by atoms with Gasteiger partial charge in [0.2, 0.25) is 0 Å². The third-order valence-electron chi connectivity index (χ3n) is 4.02. The fourth-order valence-electron chi connectivity index (χ4n) is 2.37. The first-order valence-electron chi connectivity index (χ1n) is 7.37. The molecule has 0 saturated heterocycles. The summed E-state index contributed by atoms with van der Waals surface area (Å²) in [6.45, 7) is 3.05. The van der Waals surface area contributed by atoms with Gasteiger partial charge in [-0.05, 0) is 37.8 Å². The molecule has 20 heavy (non-hydrogen) atoms. The molecule has 4 nitrogen and oxygen atoms in total. The molecule has 0 aliphatic heterocycles. The number of aliphatic hydroxyl groups is 1. The second kappa shape index (κ2) is 7.50. The van der Waals surface area contributed by atoms with E-state index in [9.17, 15) is 5.11 Å². The molecule has 2 rings (SSSR count). The van der Waals surface area contributed by atoms with Gasteiger partial charge in [-0.2, -0.15) is 0 Å². The number of aliphatic hydroxyl groups excluding tert-OH is 1. The first-order valence-corrected chi connectivity index (χ1v) is 7.37. The molecule has 0 bridgehead atoms. The molecule has 2 atom stereocenters. The lowest BCUT2D eigenvalue weighted by Gasteiger charge is -2.32. The van der Waals surface area contributed by atoms with Crippen molar-refractivity contribution in [3.05, 3.63) is 24.3 Å². The Balaban J connectivity index is 1.67. The van der Waals surface area contributed by atoms with Gasteiger partial charge in [-0.1, -0.05) is 12.5 Å². The Morgan fingerprint density at radius 1 is 1.35 bits per heavy atom. The standard InChI is InChI=1S/C16H25NO3/c1-12(13-5-3-6-13)17-10-14(18)11-20-16-8-4-7-15(9-16)19-2/h4,7-9,12-14,17-18H,3,5-6,10-11H2,1-2H3. The average molecular weight is 279 g/mol. The highest BCUT2D eigenvalue weighted by Crippen LogP contribution is 2.29. The van der Waals surface area contributed by atoms with Crippen LogP contribution in [0, 0.1) is 5.92 Å². The predicted molar refractivity (Wildman–Crippen MR) is 79.3 cm³/mol. The molecule has 1 aliphatic rings. The summed E-state index contributed by atoms with van der Waals surface area (Å²) in [5, 5.41) is 13.3. The van der Waals surface area contributed by atoms with E-state index in [0.717, 1.165) is 17.4 Å². The van der Waals surface area contributed by atoms with Gasteiger partial charge in [0.05, 0.1) is 7.11 Å². The molecule has 0 heterocycles. The molecule has 112 valence electrons. The van der Waals surface area contributed by atoms with Gasteiger partial charge in [0.1, 0.15) is 24.2 Å². The zero-order valence-corrected chi connectivity index (χ0v) is 12.3. The number of nitrogens with one attached hydrogen (secondary N) is 1. The Hall–Kier alpha value is -1.26. The summed E-state index contributed by atoms with van der Waals surface area (Å²) in [4.78, 5) is 0. The molecule has 0 radical (unpaired) electrons. The number of rotatable bonds is 8. The number of hydrogen-bond acceptors (Lipinski definition) is 4. The summed E-state index contributed by atoms with van der Waals surface area (Å²) >= 11 is 0. The zero-order chi connectivity index (χ0) is 14.4. The van der Waals surface area contributed by atoms with E-state index < -0.39 is 6.10 Å². The van der Waals surface area contributed by atoms with Gasteiger partial charge in [0, 0.05) is 18.7 Å². The summed E-state index contributed by atoms with van der Waals surface area (Å²) in [5.74, 6) is 2.26. The molecule has 0 amide bonds. The van der Waals surface area contributed by atoms with Crippen LogP contribution >= 0.6 is 0 Å². The Bertz CT molecular complexity index is 406. The van der Waals surface area contributed by atoms with Crippen molar-refractivity contribution in [3.8, 4) is 11.5 Å². The SMILES string of the molecule is COc1cccc(OCC(O)CNC(C)C2CCC2)c1. The second-order valence-electron chi connectivity index (χ2n) is 5.53. The summed E-state index contributed by atoms with van der Waals surface area (Å²) in [5.41, 5.74) is 0. The van der Waals surface area contributed by atoms with Gasteiger partial charge >= 0.3 is 0 Å². The Kier molecular flexibility index (Phi) is 5.68. The van der Waals surface area contributed by atoms with Gasteiger partial charge in [0.15, 0.2) is 0 Å². The number of benzene rings is 1. The first-order chi connectivity index (χ1) is 9.69. The maximum Gasteiger partial charge on any atom is 0.123 e. The summed E-state index contributed by atoms with van der Waals surface area (Å²) in [6, 6.07) is 7.90. The molecular formula is C16H25NO3. The van der Waals surface area contributed by atoms with Crippen LogP contribution in [0.5, 0.6) is 11.5 Å². The van der Waals surface area contributed by atoms with Crippen molar-refractivity contribution in [2.75, 3.05) is 20.3 Å². The summed E-state index contributed by atoms with van der Waals surface area (Å²) in [7, 11) is 1.62. The number of ether oxygens (including phenoxy) is 2. The van der Waals surface area contributed by atoms with Gasteiger partial charge in [0.25, 0.3) is 0 Å². The first kappa shape index (κ1) is 15.1. The van der Waals surface area contributed by atoms with Crippen molar-refractivity contribution in [1.29, 1.82) is 0 Å². The van der Waals surface area contributed by atoms with Crippen LogP contribution in [0.1, 0.15) is 26.2 Å². The highest BCUT2D eigenvalue weighted by atomic mass is 16.5. The maximum absolute atomic E-state index is 9.94. The number of methoxy groups -OCH3 is 1. The van der Waals surface area contributed by atoms with Crippen LogP contribution in [-0.4, -0.2) is 37.5 Å². The Morgan fingerprint density at radius 3 is 2.75 bits per heavy atom. The molecule has 1 saturated carbocycles. The maximum atomic E-state index is 9.94. The molecule has 1 fully saturated rings. The van der Waals surface area contributed by atoms with Crippen molar-refractivity contribution in [2.45, 2.75) is 38.3 Å². The third kappa shape index (κ3) is 4.39. The molecule has 2 N–H and O–H groups in total. The lowest BCUT2D eigenvalue weighted by Crippen LogP contribution is -2.42. The van der Waals surface area contributed by atoms with E-state index in [4.69, 9.17) is 9.47 Å². The van der Waals surface area contributed by atoms with Crippen molar-refractivity contribution in [2.24, 2.45) is 5.92 Å². The van der Waals surface area contributed by atoms with Crippen LogP contribution in [0.2, 0.25) is 0 Å². The summed E-state index contributed by atoms with van der Waals surface area (Å²) in [6.07, 6.45) is 3.47. The highest BCUT2D eigenvalue weighted by Gasteiger charge is 2.23. The van der Waals surface area contributed by atoms with E-state index in [1.807, 2.05) is 24.3 Å². The van der Waals surface area contributed by atoms with Crippen molar-refractivity contribution < 1.29 is 14.6 Å². The van der Waals surface area contributed by atoms with Crippen LogP contribution in [0.3, 0.4) is 0 Å². The van der Waals surface area contributed by atoms with E-state index >= 15 is 0 Å². The van der Waals surface area contributed by atoms with E-state index in [-0.39, 0.29) is 6.61 Å². The molecule has 0 spiro atoms. The van der Waals surface area contributed by atoms with Crippen LogP contribution in [0.15, 0.2) is 24.3 Å². The average Bonchev–Trinajstić information content (AvgIpc) is 2.41. The van der Waals surface area contributed by atoms with Crippen LogP contribution in [-0.2, 0) is 0 Å². The van der Waals surface area contributed by atoms with E-state index in [0.29, 0.717) is 12.6 Å². The topological polar surface area (TPSA) is 50.7 Å². The fourth-order valence-corrected chi connectivity index (χ4v) is 2.37. The molecule has 1 aromatic carbocycles. The van der Waals surface area contributed by atoms with E-state index in [1.54, 1.807) is 7.11 Å². The minimum absolute atomic E-state index is 0.289. The minimum Gasteiger partial charge on any atom is -0.497 e. The normalized spacial score (nSPS) is 18.1. The smallest absolute Gasteiger partial charge is 0.123 e. The monoisotopic (exact) mass is 279 g/mol. The highest BCUT2D eigenvalue weighted by molar-refractivity contribution is 5.32. The van der Waals surface area contributed by atoms with Crippen LogP contribution in [0.4, 0.5) is 0 Å². The molecule has 2 unspecified atom stereocenters. The van der Waals surface area contributed by atoms with Gasteiger partial charge in [-0.25, -0.2) is 0 Å². The largest absolute Gasteiger partial charge is 0.497 e. The summed E-state index contributed by atoms with van der Waals surface area (Å²) < 4.78 is 10.7. The van der Waals surface area contributed by atoms with Gasteiger partial charge < -0.3 is 19.9 Å². The quantitative estimate of drug-likeness (QED) is 0.766. The molecular weight excluding hydrogens is 254 g/mol. The van der Waals surface area contributed by atoms with Crippen LogP contribution in [0.25, 0.3) is 0 Å². The molecule has 4 heteroatoms. The predicted octanol–water partition coefficient (Wildman–Crippen LogP) is 2.21. The van der Waals surface area contributed by atoms with Crippen LogP contribution < -0.4 is 14.8 Å². The van der Waals surface area contributed by atoms with Crippen molar-refractivity contribution in [1.82, 2.24) is 5.32 Å². The second-order valence-corrected chi connectivity index (χ2v) is 5.53. The zero-order valence-electron chi connectivity index (χ0n) is 12.3. The number of hydrogen-bond donors (Lipinski definition) is 2. The van der Waals surface area contributed by atoms with Gasteiger partial charge in [-0.3, -0.25) is 0 Å². The lowest BCUT2D eigenvalue weighted by atomic mass is 9.80. The molecule has 0 aromatic heterocycles. The van der Waals surface area contributed by atoms with Crippen molar-refractivity contribution in [3.63, 3.8) is 0 Å². The van der Waals surface area contributed by atoms with E-state index in [2.05, 4.69) is 12.2 Å². The van der Waals surface area contributed by atoms with Gasteiger partial charge in [-0.15, -0.1) is 0 Å². The lowest BCUT2D eigenvalue weighted by molar-refractivity contribution is 0.0980. The molecule has 1 aliphatic carbocycles.